The molecule has 0 amide bonds. The van der Waals surface area contributed by atoms with E-state index in [4.69, 9.17) is 0 Å². The van der Waals surface area contributed by atoms with Gasteiger partial charge < -0.3 is 24.8 Å². The van der Waals surface area contributed by atoms with Gasteiger partial charge in [-0.2, -0.15) is 0 Å². The zero-order valence-corrected chi connectivity index (χ0v) is 35.0. The molecule has 1 aliphatic heterocycles. The SMILES string of the molecule is CCC1=Cc2c(-c3c4ccccc4cc4ccccc34)cccc2[CH]1[Ti+2]1([CH]2C(CC)=Cc3c(-c4c5ccccc5cc5ccccc45)cccc32)[CH2]C[CH2]1.[Cl-].[Cl-]. The molecule has 2 atom stereocenters. The number of benzene rings is 8. The van der Waals surface area contributed by atoms with E-state index in [1.54, 1.807) is 22.3 Å². The van der Waals surface area contributed by atoms with Crippen LogP contribution in [-0.2, 0) is 16.6 Å². The Labute approximate surface area is 346 Å². The third-order valence-corrected chi connectivity index (χ3v) is 23.4. The summed E-state index contributed by atoms with van der Waals surface area (Å²) < 4.78 is 4.08. The van der Waals surface area contributed by atoms with E-state index in [1.807, 2.05) is 0 Å². The molecule has 0 N–H and O–H groups in total. The van der Waals surface area contributed by atoms with Crippen molar-refractivity contribution in [2.24, 2.45) is 0 Å². The van der Waals surface area contributed by atoms with E-state index >= 15 is 0 Å². The van der Waals surface area contributed by atoms with Gasteiger partial charge in [0.05, 0.1) is 0 Å². The maximum Gasteiger partial charge on any atom is -1.00 e. The molecule has 2 unspecified atom stereocenters. The number of hydrogen-bond donors (Lipinski definition) is 0. The minimum absolute atomic E-state index is 0. The first-order valence-corrected chi connectivity index (χ1v) is 24.2. The summed E-state index contributed by atoms with van der Waals surface area (Å²) in [6.45, 7) is 4.85. The van der Waals surface area contributed by atoms with Gasteiger partial charge in [0.15, 0.2) is 0 Å². The molecule has 0 nitrogen and oxygen atoms in total. The quantitative estimate of drug-likeness (QED) is 0.116. The van der Waals surface area contributed by atoms with Gasteiger partial charge in [-0.1, -0.05) is 0 Å². The van der Waals surface area contributed by atoms with E-state index in [2.05, 4.69) is 172 Å². The monoisotopic (exact) mass is 798 g/mol. The number of hydrogen-bond acceptors (Lipinski definition) is 0. The molecule has 274 valence electrons. The smallest absolute Gasteiger partial charge is 1.00 e. The van der Waals surface area contributed by atoms with Crippen molar-refractivity contribution in [1.82, 2.24) is 0 Å². The van der Waals surface area contributed by atoms with Crippen molar-refractivity contribution < 1.29 is 41.4 Å². The van der Waals surface area contributed by atoms with Crippen molar-refractivity contribution in [3.05, 3.63) is 179 Å². The molecule has 8 aromatic carbocycles. The molecule has 56 heavy (non-hydrogen) atoms. The van der Waals surface area contributed by atoms with Crippen LogP contribution in [-0.4, -0.2) is 0 Å². The second kappa shape index (κ2) is 14.5. The van der Waals surface area contributed by atoms with E-state index in [0.717, 1.165) is 12.8 Å². The van der Waals surface area contributed by atoms with Crippen molar-refractivity contribution >= 4 is 55.2 Å². The van der Waals surface area contributed by atoms with Gasteiger partial charge in [-0.3, -0.25) is 0 Å². The molecule has 1 saturated heterocycles. The average molecular weight is 800 g/mol. The summed E-state index contributed by atoms with van der Waals surface area (Å²) in [7, 11) is 0. The minimum atomic E-state index is -2.68. The Balaban J connectivity index is 0.00000205. The van der Waals surface area contributed by atoms with E-state index in [1.165, 1.54) is 92.3 Å². The molecule has 0 bridgehead atoms. The number of fused-ring (bicyclic) bond motifs is 6. The third-order valence-electron chi connectivity index (χ3n) is 13.6. The van der Waals surface area contributed by atoms with Gasteiger partial charge in [0, 0.05) is 0 Å². The van der Waals surface area contributed by atoms with Crippen molar-refractivity contribution in [3.8, 4) is 22.3 Å². The first-order valence-electron chi connectivity index (χ1n) is 20.2. The maximum atomic E-state index is 2.67. The van der Waals surface area contributed by atoms with Gasteiger partial charge in [0.25, 0.3) is 0 Å². The van der Waals surface area contributed by atoms with Gasteiger partial charge in [-0.25, -0.2) is 0 Å². The Morgan fingerprint density at radius 3 is 1.12 bits per heavy atom. The molecule has 8 aromatic rings. The summed E-state index contributed by atoms with van der Waals surface area (Å²) >= 11 is -2.68. The Morgan fingerprint density at radius 2 is 0.804 bits per heavy atom. The molecular formula is C53H44Cl2Ti. The molecule has 1 heterocycles. The van der Waals surface area contributed by atoms with Gasteiger partial charge >= 0.3 is 324 Å². The number of halogens is 2. The second-order valence-electron chi connectivity index (χ2n) is 16.1. The van der Waals surface area contributed by atoms with E-state index in [9.17, 15) is 0 Å². The van der Waals surface area contributed by atoms with Gasteiger partial charge in [0.1, 0.15) is 0 Å². The van der Waals surface area contributed by atoms with Crippen molar-refractivity contribution in [1.29, 1.82) is 0 Å². The zero-order valence-electron chi connectivity index (χ0n) is 32.0. The molecule has 1 fully saturated rings. The Kier molecular flexibility index (Phi) is 9.63. The van der Waals surface area contributed by atoms with Crippen LogP contribution in [0.4, 0.5) is 0 Å². The van der Waals surface area contributed by atoms with Crippen LogP contribution in [0, 0.1) is 0 Å². The minimum Gasteiger partial charge on any atom is -1.00 e. The second-order valence-corrected chi connectivity index (χ2v) is 23.3. The van der Waals surface area contributed by atoms with Gasteiger partial charge in [-0.15, -0.1) is 0 Å². The summed E-state index contributed by atoms with van der Waals surface area (Å²) in [6.07, 6.45) is 8.96. The van der Waals surface area contributed by atoms with Crippen molar-refractivity contribution in [3.63, 3.8) is 0 Å². The van der Waals surface area contributed by atoms with Gasteiger partial charge in [-0.05, 0) is 0 Å². The normalized spacial score (nSPS) is 17.2. The van der Waals surface area contributed by atoms with E-state index in [0.29, 0.717) is 8.45 Å². The molecule has 3 aliphatic rings. The Bertz CT molecular complexity index is 2610. The zero-order chi connectivity index (χ0) is 36.0. The summed E-state index contributed by atoms with van der Waals surface area (Å²) in [6, 6.07) is 55.5. The van der Waals surface area contributed by atoms with Crippen molar-refractivity contribution in [2.45, 2.75) is 51.0 Å². The summed E-state index contributed by atoms with van der Waals surface area (Å²) in [5.41, 5.74) is 15.3. The summed E-state index contributed by atoms with van der Waals surface area (Å²) in [5, 5.41) is 10.7. The average Bonchev–Trinajstić information content (AvgIpc) is 3.78. The summed E-state index contributed by atoms with van der Waals surface area (Å²) in [4.78, 5) is 0. The maximum absolute atomic E-state index is 2.68. The molecule has 3 heteroatoms. The van der Waals surface area contributed by atoms with Crippen LogP contribution in [0.5, 0.6) is 0 Å². The van der Waals surface area contributed by atoms with Crippen LogP contribution >= 0.6 is 0 Å². The predicted molar refractivity (Wildman–Crippen MR) is 230 cm³/mol. The standard InChI is InChI=1S/2C25H19.C3H6.2ClH.Ti/c2*1-2-17-14-18-10-7-13-23(24(18)15-17)25-21-11-5-3-8-19(21)16-20-9-4-6-12-22(20)25;1-3-2;;;/h2*3-16H,2H2,1H3;1-3H2;2*1H;/q;;;;;+2/p-2. The molecule has 0 aromatic heterocycles. The first kappa shape index (κ1) is 37.2. The molecule has 0 spiro atoms. The van der Waals surface area contributed by atoms with Crippen LogP contribution in [0.1, 0.15) is 63.8 Å². The topological polar surface area (TPSA) is 0 Å². The Hall–Kier alpha value is -4.43. The molecule has 2 aliphatic carbocycles. The fraction of sp³-hybridized carbons (Fsp3) is 0.170. The molecule has 0 radical (unpaired) electrons. The van der Waals surface area contributed by atoms with E-state index in [-0.39, 0.29) is 24.8 Å². The van der Waals surface area contributed by atoms with Gasteiger partial charge in [0.2, 0.25) is 0 Å². The fourth-order valence-corrected chi connectivity index (χ4v) is 21.3. The number of rotatable bonds is 6. The molecule has 11 rings (SSSR count). The number of allylic oxidation sites excluding steroid dienone is 2. The molecule has 0 saturated carbocycles. The predicted octanol–water partition coefficient (Wildman–Crippen LogP) is 9.43. The van der Waals surface area contributed by atoms with Crippen LogP contribution in [0.25, 0.3) is 77.5 Å². The largest absolute Gasteiger partial charge is 1.00 e. The fourth-order valence-electron chi connectivity index (χ4n) is 11.3. The third kappa shape index (κ3) is 5.37. The van der Waals surface area contributed by atoms with E-state index < -0.39 is 16.6 Å². The Morgan fingerprint density at radius 1 is 0.446 bits per heavy atom. The van der Waals surface area contributed by atoms with Crippen LogP contribution in [0.3, 0.4) is 0 Å². The summed E-state index contributed by atoms with van der Waals surface area (Å²) in [5.74, 6) is 0. The molecular weight excluding hydrogens is 755 g/mol. The van der Waals surface area contributed by atoms with Crippen LogP contribution < -0.4 is 24.8 Å². The van der Waals surface area contributed by atoms with Crippen LogP contribution in [0.15, 0.2) is 157 Å². The first-order chi connectivity index (χ1) is 26.7. The van der Waals surface area contributed by atoms with Crippen molar-refractivity contribution in [2.75, 3.05) is 0 Å². The van der Waals surface area contributed by atoms with Crippen LogP contribution in [0.2, 0.25) is 9.45 Å².